The molecule has 8 nitrogen and oxygen atoms in total. The van der Waals surface area contributed by atoms with Gasteiger partial charge in [-0.1, -0.05) is 0 Å². The third kappa shape index (κ3) is 10.2. The highest BCUT2D eigenvalue weighted by Gasteiger charge is 2.30. The minimum absolute atomic E-state index is 0. The summed E-state index contributed by atoms with van der Waals surface area (Å²) < 4.78 is 11.0. The molecule has 0 aromatic carbocycles. The normalized spacial score (nSPS) is 21.3. The van der Waals surface area contributed by atoms with Crippen molar-refractivity contribution in [1.29, 1.82) is 0 Å². The minimum atomic E-state index is -0.474. The number of nitrogens with one attached hydrogen (secondary N) is 2. The molecular weight excluding hydrogens is 485 g/mol. The fourth-order valence-corrected chi connectivity index (χ4v) is 3.45. The highest BCUT2D eigenvalue weighted by atomic mass is 127. The standard InChI is InChI=1S/C20H39N5O3.HI/c1-5-21-18(22-9-11-24-12-14-27-15-13-24)23-16-17-8-6-7-10-25(17)19(26)28-20(2,3)4;/h17H,5-16H2,1-4H3,(H2,21,22,23);1H. The second-order valence-corrected chi connectivity index (χ2v) is 8.42. The van der Waals surface area contributed by atoms with Crippen LogP contribution < -0.4 is 10.6 Å². The van der Waals surface area contributed by atoms with Crippen LogP contribution in [0.5, 0.6) is 0 Å². The molecular formula is C20H40IN5O3. The Morgan fingerprint density at radius 3 is 2.55 bits per heavy atom. The van der Waals surface area contributed by atoms with E-state index >= 15 is 0 Å². The summed E-state index contributed by atoms with van der Waals surface area (Å²) in [6.07, 6.45) is 2.89. The lowest BCUT2D eigenvalue weighted by molar-refractivity contribution is 0.0109. The molecule has 9 heteroatoms. The number of ether oxygens (including phenoxy) is 2. The molecule has 2 fully saturated rings. The molecule has 2 N–H and O–H groups in total. The van der Waals surface area contributed by atoms with Crippen LogP contribution in [0.1, 0.15) is 47.0 Å². The van der Waals surface area contributed by atoms with Gasteiger partial charge in [-0.05, 0) is 47.0 Å². The number of guanidine groups is 1. The van der Waals surface area contributed by atoms with E-state index in [1.165, 1.54) is 0 Å². The number of hydrogen-bond acceptors (Lipinski definition) is 5. The zero-order valence-electron chi connectivity index (χ0n) is 18.5. The summed E-state index contributed by atoms with van der Waals surface area (Å²) in [5.74, 6) is 0.811. The van der Waals surface area contributed by atoms with Gasteiger partial charge < -0.3 is 25.0 Å². The number of rotatable bonds is 6. The van der Waals surface area contributed by atoms with Crippen molar-refractivity contribution in [2.75, 3.05) is 59.0 Å². The first-order valence-electron chi connectivity index (χ1n) is 10.7. The van der Waals surface area contributed by atoms with Crippen LogP contribution in [0.25, 0.3) is 0 Å². The number of hydrogen-bond donors (Lipinski definition) is 2. The van der Waals surface area contributed by atoms with Gasteiger partial charge in [0.05, 0.1) is 25.8 Å². The predicted octanol–water partition coefficient (Wildman–Crippen LogP) is 2.28. The second-order valence-electron chi connectivity index (χ2n) is 8.42. The lowest BCUT2D eigenvalue weighted by Crippen LogP contribution is -2.48. The van der Waals surface area contributed by atoms with Crippen LogP contribution in [0.2, 0.25) is 0 Å². The number of morpholine rings is 1. The summed E-state index contributed by atoms with van der Waals surface area (Å²) in [4.78, 5) is 21.6. The van der Waals surface area contributed by atoms with Gasteiger partial charge in [0.2, 0.25) is 0 Å². The predicted molar refractivity (Wildman–Crippen MR) is 127 cm³/mol. The summed E-state index contributed by atoms with van der Waals surface area (Å²) in [7, 11) is 0. The SMILES string of the molecule is CCNC(=NCC1CCCCN1C(=O)OC(C)(C)C)NCCN1CCOCC1.I. The first-order valence-corrected chi connectivity index (χ1v) is 10.7. The van der Waals surface area contributed by atoms with Crippen LogP contribution in [-0.4, -0.2) is 92.5 Å². The lowest BCUT2D eigenvalue weighted by atomic mass is 10.0. The molecule has 1 amide bonds. The Balaban J connectivity index is 0.00000420. The van der Waals surface area contributed by atoms with E-state index in [0.29, 0.717) is 6.54 Å². The van der Waals surface area contributed by atoms with Crippen molar-refractivity contribution in [2.24, 2.45) is 4.99 Å². The average Bonchev–Trinajstić information content (AvgIpc) is 2.66. The molecule has 2 rings (SSSR count). The van der Waals surface area contributed by atoms with Gasteiger partial charge in [0.15, 0.2) is 5.96 Å². The minimum Gasteiger partial charge on any atom is -0.444 e. The maximum Gasteiger partial charge on any atom is 0.410 e. The average molecular weight is 525 g/mol. The Kier molecular flexibility index (Phi) is 12.2. The molecule has 2 aliphatic rings. The van der Waals surface area contributed by atoms with Crippen molar-refractivity contribution >= 4 is 36.0 Å². The van der Waals surface area contributed by atoms with Gasteiger partial charge in [-0.3, -0.25) is 9.89 Å². The first kappa shape index (κ1) is 26.2. The van der Waals surface area contributed by atoms with E-state index in [0.717, 1.165) is 77.7 Å². The van der Waals surface area contributed by atoms with Crippen molar-refractivity contribution in [3.8, 4) is 0 Å². The molecule has 170 valence electrons. The van der Waals surface area contributed by atoms with E-state index < -0.39 is 5.60 Å². The molecule has 2 saturated heterocycles. The van der Waals surface area contributed by atoms with E-state index in [2.05, 4.69) is 22.5 Å². The molecule has 1 atom stereocenters. The number of halogens is 1. The molecule has 29 heavy (non-hydrogen) atoms. The van der Waals surface area contributed by atoms with Crippen molar-refractivity contribution < 1.29 is 14.3 Å². The lowest BCUT2D eigenvalue weighted by Gasteiger charge is -2.36. The molecule has 0 radical (unpaired) electrons. The Labute approximate surface area is 193 Å². The summed E-state index contributed by atoms with van der Waals surface area (Å²) >= 11 is 0. The first-order chi connectivity index (χ1) is 13.4. The van der Waals surface area contributed by atoms with Gasteiger partial charge in [0, 0.05) is 39.3 Å². The molecule has 0 aromatic rings. The summed E-state index contributed by atoms with van der Waals surface area (Å²) in [6, 6.07) is 0.0956. The van der Waals surface area contributed by atoms with Gasteiger partial charge in [-0.15, -0.1) is 24.0 Å². The number of amides is 1. The molecule has 2 heterocycles. The number of carbonyl (C=O) groups is 1. The van der Waals surface area contributed by atoms with E-state index in [4.69, 9.17) is 14.5 Å². The number of likely N-dealkylation sites (tertiary alicyclic amines) is 1. The Bertz CT molecular complexity index is 507. The number of nitrogens with zero attached hydrogens (tertiary/aromatic N) is 3. The highest BCUT2D eigenvalue weighted by Crippen LogP contribution is 2.20. The zero-order valence-corrected chi connectivity index (χ0v) is 20.9. The van der Waals surface area contributed by atoms with Gasteiger partial charge >= 0.3 is 6.09 Å². The van der Waals surface area contributed by atoms with E-state index in [1.54, 1.807) is 0 Å². The molecule has 2 aliphatic heterocycles. The molecule has 0 bridgehead atoms. The third-order valence-corrected chi connectivity index (χ3v) is 4.88. The van der Waals surface area contributed by atoms with E-state index in [1.807, 2.05) is 25.7 Å². The summed E-state index contributed by atoms with van der Waals surface area (Å²) in [5, 5.41) is 6.71. The molecule has 0 saturated carbocycles. The van der Waals surface area contributed by atoms with Crippen LogP contribution in [-0.2, 0) is 9.47 Å². The number of piperidine rings is 1. The maximum atomic E-state index is 12.5. The number of carbonyl (C=O) groups excluding carboxylic acids is 1. The fourth-order valence-electron chi connectivity index (χ4n) is 3.45. The van der Waals surface area contributed by atoms with Gasteiger partial charge in [-0.2, -0.15) is 0 Å². The van der Waals surface area contributed by atoms with Gasteiger partial charge in [0.25, 0.3) is 0 Å². The van der Waals surface area contributed by atoms with Crippen molar-refractivity contribution in [1.82, 2.24) is 20.4 Å². The van der Waals surface area contributed by atoms with E-state index in [9.17, 15) is 4.79 Å². The summed E-state index contributed by atoms with van der Waals surface area (Å²) in [5.41, 5.74) is -0.474. The Hall–Kier alpha value is -0.810. The molecule has 1 unspecified atom stereocenters. The van der Waals surface area contributed by atoms with Gasteiger partial charge in [0.1, 0.15) is 5.60 Å². The zero-order chi connectivity index (χ0) is 20.4. The van der Waals surface area contributed by atoms with Crippen LogP contribution in [0.15, 0.2) is 4.99 Å². The van der Waals surface area contributed by atoms with Gasteiger partial charge in [-0.25, -0.2) is 4.79 Å². The molecule has 0 aliphatic carbocycles. The van der Waals surface area contributed by atoms with Crippen molar-refractivity contribution in [2.45, 2.75) is 58.6 Å². The Morgan fingerprint density at radius 1 is 1.17 bits per heavy atom. The smallest absolute Gasteiger partial charge is 0.410 e. The van der Waals surface area contributed by atoms with Crippen LogP contribution >= 0.6 is 24.0 Å². The maximum absolute atomic E-state index is 12.5. The fraction of sp³-hybridized carbons (Fsp3) is 0.900. The van der Waals surface area contributed by atoms with Crippen LogP contribution in [0.3, 0.4) is 0 Å². The molecule has 0 spiro atoms. The van der Waals surface area contributed by atoms with Crippen LogP contribution in [0, 0.1) is 0 Å². The van der Waals surface area contributed by atoms with Crippen LogP contribution in [0.4, 0.5) is 4.79 Å². The third-order valence-electron chi connectivity index (χ3n) is 4.88. The largest absolute Gasteiger partial charge is 0.444 e. The topological polar surface area (TPSA) is 78.4 Å². The quantitative estimate of drug-likeness (QED) is 0.315. The number of aliphatic imine (C=N–C) groups is 1. The Morgan fingerprint density at radius 2 is 1.90 bits per heavy atom. The van der Waals surface area contributed by atoms with Crippen molar-refractivity contribution in [3.63, 3.8) is 0 Å². The monoisotopic (exact) mass is 525 g/mol. The summed E-state index contributed by atoms with van der Waals surface area (Å²) in [6.45, 7) is 15.3. The highest BCUT2D eigenvalue weighted by molar-refractivity contribution is 14.0. The second kappa shape index (κ2) is 13.5. The van der Waals surface area contributed by atoms with Crippen molar-refractivity contribution in [3.05, 3.63) is 0 Å². The molecule has 0 aromatic heterocycles. The van der Waals surface area contributed by atoms with E-state index in [-0.39, 0.29) is 36.1 Å².